The van der Waals surface area contributed by atoms with Gasteiger partial charge in [0.15, 0.2) is 9.92 Å². The van der Waals surface area contributed by atoms with Crippen LogP contribution in [-0.2, 0) is 40.8 Å². The molecule has 46 heavy (non-hydrogen) atoms. The highest BCUT2D eigenvalue weighted by Gasteiger charge is 2.44. The number of aryl methyl sites for hydroxylation is 1. The Morgan fingerprint density at radius 2 is 2.04 bits per heavy atom. The Balaban J connectivity index is 1.51. The third-order valence-electron chi connectivity index (χ3n) is 10.1. The number of rotatable bonds is 3. The van der Waals surface area contributed by atoms with Crippen LogP contribution in [0.25, 0.3) is 0 Å². The lowest BCUT2D eigenvalue weighted by Crippen LogP contribution is -2.49. The summed E-state index contributed by atoms with van der Waals surface area (Å²) in [6, 6.07) is 11.4. The van der Waals surface area contributed by atoms with Crippen molar-refractivity contribution in [3.63, 3.8) is 0 Å². The minimum atomic E-state index is -3.71. The maximum Gasteiger partial charge on any atom is 0.287 e. The number of amides is 2. The van der Waals surface area contributed by atoms with Crippen molar-refractivity contribution in [2.75, 3.05) is 38.3 Å². The van der Waals surface area contributed by atoms with Crippen LogP contribution in [0.15, 0.2) is 57.8 Å². The van der Waals surface area contributed by atoms with Gasteiger partial charge in [-0.3, -0.25) is 14.3 Å². The van der Waals surface area contributed by atoms with Crippen LogP contribution in [0.2, 0.25) is 5.02 Å². The number of carbonyl (C=O) groups is 2. The van der Waals surface area contributed by atoms with Crippen molar-refractivity contribution in [1.82, 2.24) is 4.72 Å². The molecule has 2 aliphatic heterocycles. The summed E-state index contributed by atoms with van der Waals surface area (Å²) in [6.45, 7) is 6.92. The number of halogens is 1. The molecular formula is C35H44ClN3O6S. The van der Waals surface area contributed by atoms with Crippen LogP contribution < -0.4 is 14.4 Å². The first-order valence-electron chi connectivity index (χ1n) is 16.2. The Kier molecular flexibility index (Phi) is 9.28. The number of methoxy groups -OCH3 is 1. The van der Waals surface area contributed by atoms with Crippen molar-refractivity contribution in [2.45, 2.75) is 81.3 Å². The van der Waals surface area contributed by atoms with E-state index in [9.17, 15) is 13.8 Å². The molecule has 1 unspecified atom stereocenters. The first-order valence-corrected chi connectivity index (χ1v) is 18.1. The molecule has 2 bridgehead atoms. The van der Waals surface area contributed by atoms with E-state index in [4.69, 9.17) is 25.8 Å². The number of fused-ring (bicyclic) bond motifs is 4. The number of anilines is 1. The summed E-state index contributed by atoms with van der Waals surface area (Å²) < 4.78 is 39.9. The number of carbonyl (C=O) groups excluding carboxylic acids is 2. The predicted molar refractivity (Wildman–Crippen MR) is 179 cm³/mol. The monoisotopic (exact) mass is 669 g/mol. The number of hydrogen-bond donors (Lipinski definition) is 1. The lowest BCUT2D eigenvalue weighted by molar-refractivity contribution is -0.137. The van der Waals surface area contributed by atoms with Crippen molar-refractivity contribution >= 4 is 39.0 Å². The molecule has 11 heteroatoms. The highest BCUT2D eigenvalue weighted by molar-refractivity contribution is 7.92. The Morgan fingerprint density at radius 3 is 2.78 bits per heavy atom. The first kappa shape index (κ1) is 33.0. The number of ether oxygens (including phenoxy) is 3. The smallest absolute Gasteiger partial charge is 0.287 e. The summed E-state index contributed by atoms with van der Waals surface area (Å²) in [6.07, 6.45) is 8.92. The highest BCUT2D eigenvalue weighted by atomic mass is 35.5. The summed E-state index contributed by atoms with van der Waals surface area (Å²) in [5.41, 5.74) is 1.62. The fraction of sp³-hybridized carbons (Fsp3) is 0.543. The van der Waals surface area contributed by atoms with Crippen LogP contribution in [0.4, 0.5) is 5.69 Å². The molecule has 1 spiro atoms. The zero-order valence-electron chi connectivity index (χ0n) is 27.1. The average Bonchev–Trinajstić information content (AvgIpc) is 3.16. The van der Waals surface area contributed by atoms with Crippen LogP contribution in [0.1, 0.15) is 64.0 Å². The van der Waals surface area contributed by atoms with Gasteiger partial charge in [0, 0.05) is 37.1 Å². The molecule has 5 atom stereocenters. The molecule has 4 aliphatic rings. The third kappa shape index (κ3) is 6.33. The van der Waals surface area contributed by atoms with Crippen molar-refractivity contribution in [1.29, 1.82) is 0 Å². The highest BCUT2D eigenvalue weighted by Crippen LogP contribution is 2.47. The van der Waals surface area contributed by atoms with Gasteiger partial charge in [-0.05, 0) is 99.2 Å². The van der Waals surface area contributed by atoms with Crippen molar-refractivity contribution in [3.05, 3.63) is 64.7 Å². The van der Waals surface area contributed by atoms with Crippen LogP contribution in [0.5, 0.6) is 5.75 Å². The molecule has 1 saturated carbocycles. The van der Waals surface area contributed by atoms with Gasteiger partial charge in [-0.25, -0.2) is 4.21 Å². The van der Waals surface area contributed by atoms with Crippen LogP contribution >= 0.6 is 11.6 Å². The molecule has 0 aromatic heterocycles. The number of nitrogens with one attached hydrogen (secondary N) is 1. The molecule has 0 saturated heterocycles. The summed E-state index contributed by atoms with van der Waals surface area (Å²) >= 11 is 6.44. The number of nitrogens with zero attached hydrogens (tertiary/aromatic N) is 2. The summed E-state index contributed by atoms with van der Waals surface area (Å²) in [7, 11) is -1.98. The van der Waals surface area contributed by atoms with Gasteiger partial charge in [0.2, 0.25) is 5.91 Å². The molecule has 9 nitrogen and oxygen atoms in total. The minimum absolute atomic E-state index is 0.0846. The summed E-state index contributed by atoms with van der Waals surface area (Å²) in [4.78, 5) is 28.8. The van der Waals surface area contributed by atoms with E-state index in [0.29, 0.717) is 30.7 Å². The second-order valence-electron chi connectivity index (χ2n) is 13.5. The van der Waals surface area contributed by atoms with Gasteiger partial charge in [-0.2, -0.15) is 0 Å². The molecule has 2 amide bonds. The maximum absolute atomic E-state index is 14.6. The fourth-order valence-electron chi connectivity index (χ4n) is 7.29. The molecule has 0 radical (unpaired) electrons. The van der Waals surface area contributed by atoms with Crippen LogP contribution in [0.3, 0.4) is 0 Å². The molecule has 2 aromatic carbocycles. The van der Waals surface area contributed by atoms with E-state index in [1.807, 2.05) is 18.2 Å². The zero-order valence-corrected chi connectivity index (χ0v) is 28.6. The fourth-order valence-corrected chi connectivity index (χ4v) is 9.19. The molecular weight excluding hydrogens is 626 g/mol. The van der Waals surface area contributed by atoms with E-state index < -0.39 is 27.3 Å². The molecule has 2 aliphatic carbocycles. The quantitative estimate of drug-likeness (QED) is 0.399. The van der Waals surface area contributed by atoms with Crippen molar-refractivity contribution in [3.8, 4) is 5.75 Å². The van der Waals surface area contributed by atoms with E-state index in [2.05, 4.69) is 26.1 Å². The molecule has 2 heterocycles. The largest absolute Gasteiger partial charge is 0.490 e. The van der Waals surface area contributed by atoms with E-state index >= 15 is 0 Å². The molecule has 1 fully saturated rings. The Morgan fingerprint density at radius 1 is 1.22 bits per heavy atom. The van der Waals surface area contributed by atoms with E-state index in [-0.39, 0.29) is 29.4 Å². The second-order valence-corrected chi connectivity index (χ2v) is 15.8. The Bertz CT molecular complexity index is 1670. The van der Waals surface area contributed by atoms with Gasteiger partial charge >= 0.3 is 0 Å². The SMILES string of the molecule is CCC(=O)NS1(=O)=NC(=O)C(C)(C)OC/C=C/[C@@H](OC)[C@@H]2CC[C@H]2CN2C[C@@]3(CCCc4cc(Cl)ccc43)COc3ccc1cc32. The predicted octanol–water partition coefficient (Wildman–Crippen LogP) is 6.01. The molecule has 6 rings (SSSR count). The lowest BCUT2D eigenvalue weighted by atomic mass is 9.68. The normalized spacial score (nSPS) is 31.3. The van der Waals surface area contributed by atoms with Gasteiger partial charge in [0.05, 0.1) is 29.9 Å². The van der Waals surface area contributed by atoms with Gasteiger partial charge in [0.25, 0.3) is 5.91 Å². The molecule has 2 aromatic rings. The number of benzene rings is 2. The van der Waals surface area contributed by atoms with Gasteiger partial charge in [-0.1, -0.05) is 36.7 Å². The maximum atomic E-state index is 14.6. The number of hydrogen-bond acceptors (Lipinski definition) is 7. The topological polar surface area (TPSA) is 107 Å². The first-order chi connectivity index (χ1) is 22.0. The van der Waals surface area contributed by atoms with Gasteiger partial charge in [0.1, 0.15) is 11.4 Å². The van der Waals surface area contributed by atoms with E-state index in [0.717, 1.165) is 49.4 Å². The third-order valence-corrected chi connectivity index (χ3v) is 12.2. The van der Waals surface area contributed by atoms with E-state index in [1.165, 1.54) is 11.1 Å². The minimum Gasteiger partial charge on any atom is -0.490 e. The Hall–Kier alpha value is -2.92. The van der Waals surface area contributed by atoms with E-state index in [1.54, 1.807) is 46.1 Å². The average molecular weight is 670 g/mol. The van der Waals surface area contributed by atoms with Gasteiger partial charge < -0.3 is 19.1 Å². The molecule has 1 N–H and O–H groups in total. The zero-order chi connectivity index (χ0) is 32.7. The summed E-state index contributed by atoms with van der Waals surface area (Å²) in [5.74, 6) is 0.114. The Labute approximate surface area is 277 Å². The standard InChI is InChI=1S/C35H44ClN3O6S/c1-5-32(40)37-46(42)26-12-15-31-29(19-26)39(21-35(22-44-31)16-6-8-23-18-25(36)11-14-28(23)35)20-24-10-13-27(24)30(43-4)9-7-17-45-34(2,3)33(41)38-46/h7,9,11-12,14-15,18-19,24,27,30H,5-6,8,10,13,16-17,20-22H2,1-4H3,(H,37,38,40,41,42)/b9-7+/t24-,27+,30+,35-,46?/m0/s1. The van der Waals surface area contributed by atoms with Crippen molar-refractivity contribution in [2.24, 2.45) is 16.2 Å². The van der Waals surface area contributed by atoms with Gasteiger partial charge in [-0.15, -0.1) is 4.36 Å². The van der Waals surface area contributed by atoms with Crippen molar-refractivity contribution < 1.29 is 28.0 Å². The molecule has 248 valence electrons. The second kappa shape index (κ2) is 12.9. The van der Waals surface area contributed by atoms with Crippen LogP contribution in [-0.4, -0.2) is 61.1 Å². The van der Waals surface area contributed by atoms with Crippen LogP contribution in [0, 0.1) is 11.8 Å². The lowest BCUT2D eigenvalue weighted by Gasteiger charge is -2.46. The summed E-state index contributed by atoms with van der Waals surface area (Å²) in [5, 5.41) is 0.731.